The predicted octanol–water partition coefficient (Wildman–Crippen LogP) is 4.24. The molecule has 1 atom stereocenters. The zero-order valence-electron chi connectivity index (χ0n) is 13.2. The van der Waals surface area contributed by atoms with E-state index < -0.39 is 10.9 Å². The van der Waals surface area contributed by atoms with Gasteiger partial charge in [0.25, 0.3) is 0 Å². The number of carbonyl (C=O) groups is 1. The molecule has 0 spiro atoms. The molecule has 1 heterocycles. The second-order valence-corrected chi connectivity index (χ2v) is 6.54. The molecule has 0 radical (unpaired) electrons. The van der Waals surface area contributed by atoms with E-state index in [4.69, 9.17) is 16.3 Å². The SMILES string of the molecule is CCOc1ccc2c(c1)C(C)=CC(C)(C)N2C(=O)[C@H](C)Cl. The van der Waals surface area contributed by atoms with Gasteiger partial charge in [0.15, 0.2) is 0 Å². The Labute approximate surface area is 131 Å². The van der Waals surface area contributed by atoms with Gasteiger partial charge in [-0.25, -0.2) is 0 Å². The summed E-state index contributed by atoms with van der Waals surface area (Å²) in [5.74, 6) is 0.728. The molecule has 1 aliphatic heterocycles. The van der Waals surface area contributed by atoms with Gasteiger partial charge in [-0.1, -0.05) is 6.08 Å². The third kappa shape index (κ3) is 2.93. The van der Waals surface area contributed by atoms with Crippen LogP contribution in [0.2, 0.25) is 0 Å². The predicted molar refractivity (Wildman–Crippen MR) is 88.1 cm³/mol. The van der Waals surface area contributed by atoms with Crippen molar-refractivity contribution in [3.8, 4) is 5.75 Å². The molecule has 21 heavy (non-hydrogen) atoms. The zero-order chi connectivity index (χ0) is 15.8. The molecule has 0 aromatic heterocycles. The third-order valence-electron chi connectivity index (χ3n) is 3.65. The minimum absolute atomic E-state index is 0.0872. The third-order valence-corrected chi connectivity index (χ3v) is 3.84. The smallest absolute Gasteiger partial charge is 0.245 e. The van der Waals surface area contributed by atoms with E-state index in [1.54, 1.807) is 11.8 Å². The number of hydrogen-bond acceptors (Lipinski definition) is 2. The number of allylic oxidation sites excluding steroid dienone is 1. The lowest BCUT2D eigenvalue weighted by Gasteiger charge is -2.42. The van der Waals surface area contributed by atoms with Crippen molar-refractivity contribution in [3.63, 3.8) is 0 Å². The molecule has 0 saturated heterocycles. The van der Waals surface area contributed by atoms with Crippen molar-refractivity contribution >= 4 is 28.8 Å². The number of nitrogens with zero attached hydrogens (tertiary/aromatic N) is 1. The van der Waals surface area contributed by atoms with Gasteiger partial charge >= 0.3 is 0 Å². The Morgan fingerprint density at radius 1 is 1.43 bits per heavy atom. The van der Waals surface area contributed by atoms with Gasteiger partial charge in [0.1, 0.15) is 11.1 Å². The maximum absolute atomic E-state index is 12.5. The first-order valence-corrected chi connectivity index (χ1v) is 7.66. The highest BCUT2D eigenvalue weighted by atomic mass is 35.5. The normalized spacial score (nSPS) is 17.8. The second-order valence-electron chi connectivity index (χ2n) is 5.88. The molecule has 114 valence electrons. The van der Waals surface area contributed by atoms with E-state index in [0.717, 1.165) is 22.6 Å². The molecule has 0 saturated carbocycles. The number of rotatable bonds is 3. The highest BCUT2D eigenvalue weighted by Crippen LogP contribution is 2.41. The summed E-state index contributed by atoms with van der Waals surface area (Å²) in [6, 6.07) is 5.82. The van der Waals surface area contributed by atoms with Crippen LogP contribution in [-0.2, 0) is 4.79 Å². The van der Waals surface area contributed by atoms with Gasteiger partial charge in [-0.15, -0.1) is 11.6 Å². The molecule has 1 aromatic carbocycles. The summed E-state index contributed by atoms with van der Waals surface area (Å²) in [5, 5.41) is -0.560. The second kappa shape index (κ2) is 5.72. The van der Waals surface area contributed by atoms with Gasteiger partial charge in [0.2, 0.25) is 5.91 Å². The van der Waals surface area contributed by atoms with Crippen molar-refractivity contribution in [1.29, 1.82) is 0 Å². The molecule has 1 amide bonds. The molecule has 0 bridgehead atoms. The van der Waals surface area contributed by atoms with Crippen LogP contribution < -0.4 is 9.64 Å². The van der Waals surface area contributed by atoms with Gasteiger partial charge in [-0.2, -0.15) is 0 Å². The fourth-order valence-corrected chi connectivity index (χ4v) is 2.94. The lowest BCUT2D eigenvalue weighted by atomic mass is 9.88. The summed E-state index contributed by atoms with van der Waals surface area (Å²) in [6.07, 6.45) is 2.10. The fourth-order valence-electron chi connectivity index (χ4n) is 2.85. The van der Waals surface area contributed by atoms with Crippen LogP contribution in [0.25, 0.3) is 5.57 Å². The van der Waals surface area contributed by atoms with Crippen LogP contribution in [0.5, 0.6) is 5.75 Å². The Bertz CT molecular complexity index is 590. The first kappa shape index (κ1) is 15.9. The molecule has 3 nitrogen and oxygen atoms in total. The minimum atomic E-state index is -0.560. The quantitative estimate of drug-likeness (QED) is 0.782. The van der Waals surface area contributed by atoms with Crippen LogP contribution in [0.3, 0.4) is 0 Å². The lowest BCUT2D eigenvalue weighted by molar-refractivity contribution is -0.118. The average molecular weight is 308 g/mol. The summed E-state index contributed by atoms with van der Waals surface area (Å²) < 4.78 is 5.56. The number of halogens is 1. The molecule has 0 N–H and O–H groups in total. The molecule has 1 aliphatic rings. The molecular formula is C17H22ClNO2. The molecule has 2 rings (SSSR count). The number of alkyl halides is 1. The largest absolute Gasteiger partial charge is 0.494 e. The maximum atomic E-state index is 12.5. The topological polar surface area (TPSA) is 29.5 Å². The average Bonchev–Trinajstić information content (AvgIpc) is 2.38. The van der Waals surface area contributed by atoms with Crippen molar-refractivity contribution < 1.29 is 9.53 Å². The molecule has 1 aromatic rings. The maximum Gasteiger partial charge on any atom is 0.245 e. The summed E-state index contributed by atoms with van der Waals surface area (Å²) >= 11 is 6.04. The van der Waals surface area contributed by atoms with Crippen LogP contribution >= 0.6 is 11.6 Å². The van der Waals surface area contributed by atoms with E-state index in [-0.39, 0.29) is 5.91 Å². The first-order chi connectivity index (χ1) is 9.77. The minimum Gasteiger partial charge on any atom is -0.494 e. The Kier molecular flexibility index (Phi) is 4.33. The van der Waals surface area contributed by atoms with Crippen LogP contribution in [0.1, 0.15) is 40.2 Å². The van der Waals surface area contributed by atoms with Crippen LogP contribution in [-0.4, -0.2) is 23.4 Å². The zero-order valence-corrected chi connectivity index (χ0v) is 14.0. The van der Waals surface area contributed by atoms with E-state index in [1.165, 1.54) is 0 Å². The molecular weight excluding hydrogens is 286 g/mol. The van der Waals surface area contributed by atoms with Crippen LogP contribution in [0, 0.1) is 0 Å². The summed E-state index contributed by atoms with van der Waals surface area (Å²) in [6.45, 7) is 10.4. The van der Waals surface area contributed by atoms with E-state index >= 15 is 0 Å². The van der Waals surface area contributed by atoms with Crippen LogP contribution in [0.15, 0.2) is 24.3 Å². The van der Waals surface area contributed by atoms with Gasteiger partial charge in [-0.3, -0.25) is 4.79 Å². The van der Waals surface area contributed by atoms with E-state index in [2.05, 4.69) is 13.0 Å². The molecule has 0 unspecified atom stereocenters. The summed E-state index contributed by atoms with van der Waals surface area (Å²) in [7, 11) is 0. The number of anilines is 1. The van der Waals surface area contributed by atoms with Gasteiger partial charge in [-0.05, 0) is 58.4 Å². The number of carbonyl (C=O) groups excluding carboxylic acids is 1. The van der Waals surface area contributed by atoms with Crippen molar-refractivity contribution in [3.05, 3.63) is 29.8 Å². The standard InChI is InChI=1S/C17H22ClNO2/c1-6-21-13-7-8-15-14(9-13)11(2)10-17(4,5)19(15)16(20)12(3)18/h7-10,12H,6H2,1-5H3/t12-/m0/s1. The highest BCUT2D eigenvalue weighted by Gasteiger charge is 2.37. The number of amides is 1. The van der Waals surface area contributed by atoms with Crippen molar-refractivity contribution in [1.82, 2.24) is 0 Å². The van der Waals surface area contributed by atoms with Gasteiger partial charge < -0.3 is 9.64 Å². The number of ether oxygens (including phenoxy) is 1. The number of hydrogen-bond donors (Lipinski definition) is 0. The highest BCUT2D eigenvalue weighted by molar-refractivity contribution is 6.33. The van der Waals surface area contributed by atoms with Crippen molar-refractivity contribution in [2.24, 2.45) is 0 Å². The number of fused-ring (bicyclic) bond motifs is 1. The monoisotopic (exact) mass is 307 g/mol. The Hall–Kier alpha value is -1.48. The fraction of sp³-hybridized carbons (Fsp3) is 0.471. The van der Waals surface area contributed by atoms with Crippen molar-refractivity contribution in [2.75, 3.05) is 11.5 Å². The van der Waals surface area contributed by atoms with Gasteiger partial charge in [0.05, 0.1) is 17.8 Å². The van der Waals surface area contributed by atoms with E-state index in [9.17, 15) is 4.79 Å². The first-order valence-electron chi connectivity index (χ1n) is 7.22. The van der Waals surface area contributed by atoms with E-state index in [0.29, 0.717) is 6.61 Å². The van der Waals surface area contributed by atoms with Gasteiger partial charge in [0, 0.05) is 5.56 Å². The lowest BCUT2D eigenvalue weighted by Crippen LogP contribution is -2.51. The number of benzene rings is 1. The Balaban J connectivity index is 2.57. The summed E-state index contributed by atoms with van der Waals surface area (Å²) in [5.41, 5.74) is 2.65. The van der Waals surface area contributed by atoms with Crippen LogP contribution in [0.4, 0.5) is 5.69 Å². The molecule has 0 fully saturated rings. The van der Waals surface area contributed by atoms with E-state index in [1.807, 2.05) is 39.0 Å². The molecule has 0 aliphatic carbocycles. The molecule has 4 heteroatoms. The Morgan fingerprint density at radius 2 is 2.10 bits per heavy atom. The Morgan fingerprint density at radius 3 is 2.67 bits per heavy atom. The summed E-state index contributed by atoms with van der Waals surface area (Å²) in [4.78, 5) is 14.3. The van der Waals surface area contributed by atoms with Crippen molar-refractivity contribution in [2.45, 2.75) is 45.5 Å².